The summed E-state index contributed by atoms with van der Waals surface area (Å²) in [4.78, 5) is 14.5. The number of ether oxygens (including phenoxy) is 2. The minimum Gasteiger partial charge on any atom is -0.490 e. The molecule has 0 saturated carbocycles. The molecular formula is C22H21ClF3N3O3. The van der Waals surface area contributed by atoms with Crippen LogP contribution in [-0.2, 0) is 6.54 Å². The monoisotopic (exact) mass is 467 g/mol. The third kappa shape index (κ3) is 5.16. The van der Waals surface area contributed by atoms with Crippen LogP contribution in [0.15, 0.2) is 42.5 Å². The Kier molecular flexibility index (Phi) is 7.29. The summed E-state index contributed by atoms with van der Waals surface area (Å²) in [6.45, 7) is 0.807. The van der Waals surface area contributed by atoms with Gasteiger partial charge in [0.25, 0.3) is 5.91 Å². The highest BCUT2D eigenvalue weighted by Gasteiger charge is 2.24. The summed E-state index contributed by atoms with van der Waals surface area (Å²) in [5.74, 6) is -0.712. The fourth-order valence-electron chi connectivity index (χ4n) is 3.14. The van der Waals surface area contributed by atoms with Crippen molar-refractivity contribution < 1.29 is 27.4 Å². The van der Waals surface area contributed by atoms with Crippen molar-refractivity contribution in [3.63, 3.8) is 0 Å². The van der Waals surface area contributed by atoms with E-state index in [0.717, 1.165) is 0 Å². The Balaban J connectivity index is 1.83. The van der Waals surface area contributed by atoms with Crippen LogP contribution in [0, 0.1) is 12.7 Å². The van der Waals surface area contributed by atoms with Gasteiger partial charge in [0, 0.05) is 13.6 Å². The lowest BCUT2D eigenvalue weighted by Gasteiger charge is -2.19. The molecule has 0 N–H and O–H groups in total. The predicted octanol–water partition coefficient (Wildman–Crippen LogP) is 5.25. The second-order valence-corrected chi connectivity index (χ2v) is 7.25. The smallest absolute Gasteiger partial charge is 0.387 e. The molecule has 0 aliphatic carbocycles. The van der Waals surface area contributed by atoms with Gasteiger partial charge in [0.05, 0.1) is 23.6 Å². The molecule has 0 radical (unpaired) electrons. The molecule has 0 atom stereocenters. The molecule has 1 amide bonds. The Morgan fingerprint density at radius 1 is 1.19 bits per heavy atom. The predicted molar refractivity (Wildman–Crippen MR) is 113 cm³/mol. The van der Waals surface area contributed by atoms with Crippen LogP contribution >= 0.6 is 11.6 Å². The van der Waals surface area contributed by atoms with Crippen LogP contribution in [0.2, 0.25) is 5.15 Å². The van der Waals surface area contributed by atoms with Crippen LogP contribution in [0.25, 0.3) is 5.69 Å². The SMILES string of the molecule is CCOc1cc(CN(C)C(=O)c2c(C)nn(-c3ccc(F)cc3)c2Cl)ccc1OC(F)F. The standard InChI is InChI=1S/C22H21ClF3N3O3/c1-4-31-18-11-14(5-10-17(18)32-22(25)26)12-28(3)21(30)19-13(2)27-29(20(19)23)16-8-6-15(24)7-9-16/h5-11,22H,4,12H2,1-3H3. The average molecular weight is 468 g/mol. The summed E-state index contributed by atoms with van der Waals surface area (Å²) in [6.07, 6.45) is 0. The second-order valence-electron chi connectivity index (χ2n) is 6.89. The van der Waals surface area contributed by atoms with Gasteiger partial charge in [-0.25, -0.2) is 9.07 Å². The molecule has 0 fully saturated rings. The van der Waals surface area contributed by atoms with Gasteiger partial charge in [0.15, 0.2) is 11.5 Å². The van der Waals surface area contributed by atoms with Crippen LogP contribution < -0.4 is 9.47 Å². The number of amides is 1. The Morgan fingerprint density at radius 3 is 2.50 bits per heavy atom. The molecule has 0 spiro atoms. The fourth-order valence-corrected chi connectivity index (χ4v) is 3.50. The van der Waals surface area contributed by atoms with E-state index in [-0.39, 0.29) is 41.3 Å². The van der Waals surface area contributed by atoms with Gasteiger partial charge >= 0.3 is 6.61 Å². The molecule has 10 heteroatoms. The molecule has 6 nitrogen and oxygen atoms in total. The van der Waals surface area contributed by atoms with E-state index in [9.17, 15) is 18.0 Å². The summed E-state index contributed by atoms with van der Waals surface area (Å²) in [6, 6.07) is 10.0. The molecule has 32 heavy (non-hydrogen) atoms. The number of nitrogens with zero attached hydrogens (tertiary/aromatic N) is 3. The Hall–Kier alpha value is -3.20. The molecule has 2 aromatic carbocycles. The molecule has 0 aliphatic rings. The first kappa shape index (κ1) is 23.5. The normalized spacial score (nSPS) is 11.0. The van der Waals surface area contributed by atoms with Crippen molar-refractivity contribution in [2.24, 2.45) is 0 Å². The van der Waals surface area contributed by atoms with E-state index in [0.29, 0.717) is 16.9 Å². The first-order valence-corrected chi connectivity index (χ1v) is 10.1. The Bertz CT molecular complexity index is 1100. The summed E-state index contributed by atoms with van der Waals surface area (Å²) in [7, 11) is 1.58. The molecule has 170 valence electrons. The first-order valence-electron chi connectivity index (χ1n) is 9.68. The molecule has 3 rings (SSSR count). The van der Waals surface area contributed by atoms with Gasteiger partial charge < -0.3 is 14.4 Å². The summed E-state index contributed by atoms with van der Waals surface area (Å²) >= 11 is 6.43. The summed E-state index contributed by atoms with van der Waals surface area (Å²) < 4.78 is 49.6. The lowest BCUT2D eigenvalue weighted by molar-refractivity contribution is -0.0514. The van der Waals surface area contributed by atoms with Gasteiger partial charge in [0.1, 0.15) is 11.0 Å². The first-order chi connectivity index (χ1) is 15.2. The quantitative estimate of drug-likeness (QED) is 0.454. The Morgan fingerprint density at radius 2 is 1.88 bits per heavy atom. The molecule has 0 unspecified atom stereocenters. The van der Waals surface area contributed by atoms with Crippen LogP contribution in [0.3, 0.4) is 0 Å². The maximum absolute atomic E-state index is 13.2. The topological polar surface area (TPSA) is 56.6 Å². The summed E-state index contributed by atoms with van der Waals surface area (Å²) in [5, 5.41) is 4.40. The number of aryl methyl sites for hydroxylation is 1. The second kappa shape index (κ2) is 9.95. The molecule has 0 aliphatic heterocycles. The number of carbonyl (C=O) groups excluding carboxylic acids is 1. The summed E-state index contributed by atoms with van der Waals surface area (Å²) in [5.41, 5.74) is 1.77. The van der Waals surface area contributed by atoms with E-state index in [1.54, 1.807) is 33.0 Å². The van der Waals surface area contributed by atoms with Crippen molar-refractivity contribution in [2.45, 2.75) is 27.0 Å². The minimum atomic E-state index is -2.98. The van der Waals surface area contributed by atoms with Crippen molar-refractivity contribution in [1.82, 2.24) is 14.7 Å². The van der Waals surface area contributed by atoms with Crippen molar-refractivity contribution in [2.75, 3.05) is 13.7 Å². The van der Waals surface area contributed by atoms with Gasteiger partial charge in [-0.05, 0) is 55.8 Å². The molecule has 0 saturated heterocycles. The number of alkyl halides is 2. The number of hydrogen-bond acceptors (Lipinski definition) is 4. The van der Waals surface area contributed by atoms with Crippen LogP contribution in [0.1, 0.15) is 28.5 Å². The lowest BCUT2D eigenvalue weighted by Crippen LogP contribution is -2.26. The highest BCUT2D eigenvalue weighted by molar-refractivity contribution is 6.33. The maximum Gasteiger partial charge on any atom is 0.387 e. The largest absolute Gasteiger partial charge is 0.490 e. The van der Waals surface area contributed by atoms with Crippen LogP contribution in [0.4, 0.5) is 13.2 Å². The molecule has 3 aromatic rings. The van der Waals surface area contributed by atoms with E-state index < -0.39 is 12.4 Å². The van der Waals surface area contributed by atoms with Crippen LogP contribution in [0.5, 0.6) is 11.5 Å². The number of carbonyl (C=O) groups is 1. The zero-order chi connectivity index (χ0) is 23.4. The van der Waals surface area contributed by atoms with E-state index in [1.165, 1.54) is 39.9 Å². The zero-order valence-corrected chi connectivity index (χ0v) is 18.4. The highest BCUT2D eigenvalue weighted by Crippen LogP contribution is 2.31. The van der Waals surface area contributed by atoms with E-state index in [1.807, 2.05) is 0 Å². The van der Waals surface area contributed by atoms with E-state index in [4.69, 9.17) is 16.3 Å². The van der Waals surface area contributed by atoms with Gasteiger partial charge in [-0.3, -0.25) is 4.79 Å². The van der Waals surface area contributed by atoms with E-state index in [2.05, 4.69) is 9.84 Å². The minimum absolute atomic E-state index is 0.0842. The average Bonchev–Trinajstić information content (AvgIpc) is 3.03. The number of halogens is 4. The fraction of sp³-hybridized carbons (Fsp3) is 0.273. The number of aromatic nitrogens is 2. The molecule has 0 bridgehead atoms. The van der Waals surface area contributed by atoms with Crippen LogP contribution in [-0.4, -0.2) is 40.9 Å². The maximum atomic E-state index is 13.2. The van der Waals surface area contributed by atoms with Gasteiger partial charge in [0.2, 0.25) is 0 Å². The van der Waals surface area contributed by atoms with E-state index >= 15 is 0 Å². The molecular weight excluding hydrogens is 447 g/mol. The third-order valence-electron chi connectivity index (χ3n) is 4.58. The lowest BCUT2D eigenvalue weighted by atomic mass is 10.1. The van der Waals surface area contributed by atoms with Gasteiger partial charge in [-0.2, -0.15) is 13.9 Å². The van der Waals surface area contributed by atoms with Crippen molar-refractivity contribution in [1.29, 1.82) is 0 Å². The zero-order valence-electron chi connectivity index (χ0n) is 17.6. The third-order valence-corrected chi connectivity index (χ3v) is 4.93. The number of hydrogen-bond donors (Lipinski definition) is 0. The van der Waals surface area contributed by atoms with Crippen molar-refractivity contribution >= 4 is 17.5 Å². The molecule has 1 aromatic heterocycles. The number of rotatable bonds is 8. The Labute approximate surface area is 188 Å². The number of benzene rings is 2. The van der Waals surface area contributed by atoms with Gasteiger partial charge in [-0.15, -0.1) is 0 Å². The highest BCUT2D eigenvalue weighted by atomic mass is 35.5. The van der Waals surface area contributed by atoms with Gasteiger partial charge in [-0.1, -0.05) is 17.7 Å². The molecule has 1 heterocycles. The van der Waals surface area contributed by atoms with Crippen molar-refractivity contribution in [3.05, 3.63) is 70.3 Å². The van der Waals surface area contributed by atoms with Crippen molar-refractivity contribution in [3.8, 4) is 17.2 Å².